The van der Waals surface area contributed by atoms with Crippen molar-refractivity contribution in [2.75, 3.05) is 26.7 Å². The van der Waals surface area contributed by atoms with E-state index in [9.17, 15) is 21.9 Å². The van der Waals surface area contributed by atoms with E-state index in [-0.39, 0.29) is 47.5 Å². The molecule has 0 atom stereocenters. The zero-order valence-corrected chi connectivity index (χ0v) is 25.0. The first-order valence-electron chi connectivity index (χ1n) is 12.5. The number of hydrogen-bond donors (Lipinski definition) is 1. The Morgan fingerprint density at radius 1 is 0.643 bits per heavy atom. The molecule has 12 heteroatoms. The molecule has 0 aliphatic rings. The summed E-state index contributed by atoms with van der Waals surface area (Å²) < 4.78 is 77.2. The normalized spacial score (nSPS) is 11.5. The molecule has 10 nitrogen and oxygen atoms in total. The molecule has 42 heavy (non-hydrogen) atoms. The summed E-state index contributed by atoms with van der Waals surface area (Å²) in [5, 5.41) is 9.43. The number of rotatable bonds is 12. The minimum absolute atomic E-state index is 0.0861. The largest absolute Gasteiger partial charge is 0.496 e. The summed E-state index contributed by atoms with van der Waals surface area (Å²) in [6.07, 6.45) is 1.80. The molecule has 0 radical (unpaired) electrons. The van der Waals surface area contributed by atoms with Gasteiger partial charge >= 0.3 is 20.2 Å². The SMILES string of the molecule is COc1cc(-c2ccc(CO)cc2)c(OC)c(OS(C)(=O)=O)c1-c1ccc(OCc2ccccc2)c(OS(C)(=O)=O)c1. The van der Waals surface area contributed by atoms with Gasteiger partial charge in [-0.3, -0.25) is 0 Å². The zero-order chi connectivity index (χ0) is 30.5. The van der Waals surface area contributed by atoms with Crippen molar-refractivity contribution < 1.29 is 44.5 Å². The van der Waals surface area contributed by atoms with Crippen LogP contribution in [0.2, 0.25) is 0 Å². The summed E-state index contributed by atoms with van der Waals surface area (Å²) in [5.74, 6) is 0.136. The molecule has 0 fully saturated rings. The lowest BCUT2D eigenvalue weighted by molar-refractivity contribution is 0.282. The topological polar surface area (TPSA) is 135 Å². The second-order valence-corrected chi connectivity index (χ2v) is 12.4. The van der Waals surface area contributed by atoms with Crippen molar-refractivity contribution in [3.05, 3.63) is 90.0 Å². The summed E-state index contributed by atoms with van der Waals surface area (Å²) in [6.45, 7) is -0.00524. The maximum atomic E-state index is 12.4. The summed E-state index contributed by atoms with van der Waals surface area (Å²) in [7, 11) is -5.29. The lowest BCUT2D eigenvalue weighted by atomic mass is 9.96. The van der Waals surface area contributed by atoms with Gasteiger partial charge in [0.25, 0.3) is 0 Å². The molecule has 4 aromatic rings. The first-order valence-corrected chi connectivity index (χ1v) is 16.1. The van der Waals surface area contributed by atoms with Gasteiger partial charge < -0.3 is 27.7 Å². The van der Waals surface area contributed by atoms with Crippen LogP contribution in [0.1, 0.15) is 11.1 Å². The number of methoxy groups -OCH3 is 2. The van der Waals surface area contributed by atoms with Gasteiger partial charge in [0.05, 0.1) is 38.9 Å². The Bertz CT molecular complexity index is 1770. The summed E-state index contributed by atoms with van der Waals surface area (Å²) >= 11 is 0. The number of ether oxygens (including phenoxy) is 3. The summed E-state index contributed by atoms with van der Waals surface area (Å²) in [4.78, 5) is 0. The standard InChI is InChI=1S/C30H30O10S2/c1-36-27-17-24(22-12-10-20(18-31)11-13-22)29(37-2)30(40-42(4,34)35)28(27)23-14-15-25(26(16-23)39-41(3,32)33)38-19-21-8-6-5-7-9-21/h5-17,31H,18-19H2,1-4H3. The number of aliphatic hydroxyl groups excluding tert-OH is 1. The van der Waals surface area contributed by atoms with Crippen molar-refractivity contribution in [2.24, 2.45) is 0 Å². The highest BCUT2D eigenvalue weighted by atomic mass is 32.2. The molecule has 4 rings (SSSR count). The van der Waals surface area contributed by atoms with Crippen molar-refractivity contribution in [3.63, 3.8) is 0 Å². The van der Waals surface area contributed by atoms with Gasteiger partial charge in [-0.25, -0.2) is 0 Å². The molecular weight excluding hydrogens is 584 g/mol. The molecule has 0 bridgehead atoms. The molecule has 0 heterocycles. The maximum Gasteiger partial charge on any atom is 0.306 e. The van der Waals surface area contributed by atoms with Crippen molar-refractivity contribution in [1.29, 1.82) is 0 Å². The molecule has 0 aliphatic heterocycles. The van der Waals surface area contributed by atoms with Gasteiger partial charge in [-0.15, -0.1) is 0 Å². The number of hydrogen-bond acceptors (Lipinski definition) is 10. The van der Waals surface area contributed by atoms with Gasteiger partial charge in [-0.05, 0) is 40.5 Å². The Hall–Kier alpha value is -4.26. The molecule has 0 aliphatic carbocycles. The van der Waals surface area contributed by atoms with Crippen molar-refractivity contribution in [1.82, 2.24) is 0 Å². The second kappa shape index (κ2) is 12.7. The van der Waals surface area contributed by atoms with E-state index in [4.69, 9.17) is 22.6 Å². The Morgan fingerprint density at radius 3 is 1.86 bits per heavy atom. The quantitative estimate of drug-likeness (QED) is 0.222. The Morgan fingerprint density at radius 2 is 1.29 bits per heavy atom. The lowest BCUT2D eigenvalue weighted by Crippen LogP contribution is -2.10. The van der Waals surface area contributed by atoms with Gasteiger partial charge in [0, 0.05) is 5.56 Å². The van der Waals surface area contributed by atoms with Crippen LogP contribution in [-0.2, 0) is 33.5 Å². The summed E-state index contributed by atoms with van der Waals surface area (Å²) in [6, 6.07) is 22.3. The van der Waals surface area contributed by atoms with E-state index in [1.54, 1.807) is 36.4 Å². The van der Waals surface area contributed by atoms with Gasteiger partial charge in [0.1, 0.15) is 12.4 Å². The predicted octanol–water partition coefficient (Wildman–Crippen LogP) is 4.79. The van der Waals surface area contributed by atoms with E-state index in [2.05, 4.69) is 0 Å². The first kappa shape index (κ1) is 30.7. The van der Waals surface area contributed by atoms with Crippen LogP contribution in [-0.4, -0.2) is 48.7 Å². The van der Waals surface area contributed by atoms with Gasteiger partial charge in [-0.1, -0.05) is 60.7 Å². The average molecular weight is 615 g/mol. The maximum absolute atomic E-state index is 12.4. The summed E-state index contributed by atoms with van der Waals surface area (Å²) in [5.41, 5.74) is 3.10. The van der Waals surface area contributed by atoms with E-state index in [1.165, 1.54) is 26.4 Å². The van der Waals surface area contributed by atoms with Crippen LogP contribution in [0.5, 0.6) is 28.7 Å². The van der Waals surface area contributed by atoms with Crippen LogP contribution >= 0.6 is 0 Å². The molecule has 0 amide bonds. The van der Waals surface area contributed by atoms with Crippen LogP contribution in [0.4, 0.5) is 0 Å². The van der Waals surface area contributed by atoms with Crippen molar-refractivity contribution in [3.8, 4) is 51.0 Å². The monoisotopic (exact) mass is 614 g/mol. The minimum Gasteiger partial charge on any atom is -0.496 e. The fourth-order valence-corrected chi connectivity index (χ4v) is 5.15. The molecule has 0 saturated heterocycles. The first-order chi connectivity index (χ1) is 19.9. The van der Waals surface area contributed by atoms with E-state index >= 15 is 0 Å². The van der Waals surface area contributed by atoms with E-state index in [0.717, 1.165) is 18.1 Å². The van der Waals surface area contributed by atoms with Gasteiger partial charge in [0.2, 0.25) is 0 Å². The molecule has 0 saturated carbocycles. The number of aliphatic hydroxyl groups is 1. The third-order valence-corrected chi connectivity index (χ3v) is 6.97. The molecule has 0 aromatic heterocycles. The highest BCUT2D eigenvalue weighted by molar-refractivity contribution is 7.86. The molecule has 0 spiro atoms. The second-order valence-electron chi connectivity index (χ2n) is 9.23. The third kappa shape index (κ3) is 7.52. The van der Waals surface area contributed by atoms with Crippen LogP contribution in [0.15, 0.2) is 78.9 Å². The minimum atomic E-state index is -4.08. The van der Waals surface area contributed by atoms with E-state index < -0.39 is 20.2 Å². The lowest BCUT2D eigenvalue weighted by Gasteiger charge is -2.21. The van der Waals surface area contributed by atoms with Gasteiger partial charge in [-0.2, -0.15) is 16.8 Å². The molecule has 4 aromatic carbocycles. The highest BCUT2D eigenvalue weighted by Crippen LogP contribution is 2.51. The molecular formula is C30H30O10S2. The molecule has 0 unspecified atom stereocenters. The average Bonchev–Trinajstić information content (AvgIpc) is 2.95. The van der Waals surface area contributed by atoms with Gasteiger partial charge in [0.15, 0.2) is 23.0 Å². The third-order valence-electron chi connectivity index (χ3n) is 6.02. The Kier molecular flexibility index (Phi) is 9.30. The highest BCUT2D eigenvalue weighted by Gasteiger charge is 2.27. The fourth-order valence-electron chi connectivity index (χ4n) is 4.23. The van der Waals surface area contributed by atoms with Crippen molar-refractivity contribution in [2.45, 2.75) is 13.2 Å². The van der Waals surface area contributed by atoms with Crippen LogP contribution in [0.3, 0.4) is 0 Å². The van der Waals surface area contributed by atoms with E-state index in [0.29, 0.717) is 22.3 Å². The van der Waals surface area contributed by atoms with Crippen molar-refractivity contribution >= 4 is 20.2 Å². The number of benzene rings is 4. The fraction of sp³-hybridized carbons (Fsp3) is 0.200. The van der Waals surface area contributed by atoms with Crippen LogP contribution in [0, 0.1) is 0 Å². The smallest absolute Gasteiger partial charge is 0.306 e. The Balaban J connectivity index is 1.93. The predicted molar refractivity (Wildman–Crippen MR) is 158 cm³/mol. The molecule has 222 valence electrons. The van der Waals surface area contributed by atoms with E-state index in [1.807, 2.05) is 30.3 Å². The molecule has 1 N–H and O–H groups in total. The zero-order valence-electron chi connectivity index (χ0n) is 23.4. The van der Waals surface area contributed by atoms with Crippen LogP contribution in [0.25, 0.3) is 22.3 Å². The van der Waals surface area contributed by atoms with Crippen LogP contribution < -0.4 is 22.6 Å². The Labute approximate surface area is 245 Å².